The molecule has 2 rings (SSSR count). The van der Waals surface area contributed by atoms with E-state index in [9.17, 15) is 4.79 Å². The number of benzene rings is 1. The molecular weight excluding hydrogens is 292 g/mol. The van der Waals surface area contributed by atoms with Crippen molar-refractivity contribution in [3.8, 4) is 0 Å². The molecule has 5 heteroatoms. The summed E-state index contributed by atoms with van der Waals surface area (Å²) in [5.41, 5.74) is 5.71. The van der Waals surface area contributed by atoms with Crippen molar-refractivity contribution >= 4 is 39.7 Å². The zero-order valence-corrected chi connectivity index (χ0v) is 13.4. The van der Waals surface area contributed by atoms with Gasteiger partial charge in [-0.2, -0.15) is 0 Å². The highest BCUT2D eigenvalue weighted by Gasteiger charge is 2.15. The summed E-state index contributed by atoms with van der Waals surface area (Å²) in [5, 5.41) is 4.14. The maximum atomic E-state index is 12.2. The van der Waals surface area contributed by atoms with Gasteiger partial charge in [0, 0.05) is 17.3 Å². The molecule has 0 bridgehead atoms. The van der Waals surface area contributed by atoms with Crippen LogP contribution in [0.2, 0.25) is 0 Å². The first-order valence-electron chi connectivity index (χ1n) is 6.59. The van der Waals surface area contributed by atoms with Gasteiger partial charge in [-0.05, 0) is 29.9 Å². The van der Waals surface area contributed by atoms with E-state index in [1.807, 2.05) is 30.3 Å². The highest BCUT2D eigenvalue weighted by molar-refractivity contribution is 7.20. The van der Waals surface area contributed by atoms with Crippen LogP contribution in [0.3, 0.4) is 0 Å². The molecule has 1 atom stereocenters. The lowest BCUT2D eigenvalue weighted by Gasteiger charge is -2.18. The van der Waals surface area contributed by atoms with Crippen molar-refractivity contribution in [3.63, 3.8) is 0 Å². The number of amides is 1. The van der Waals surface area contributed by atoms with Crippen LogP contribution < -0.4 is 11.1 Å². The van der Waals surface area contributed by atoms with E-state index < -0.39 is 0 Å². The van der Waals surface area contributed by atoms with Gasteiger partial charge in [0.2, 0.25) is 0 Å². The molecule has 1 aromatic heterocycles. The number of nitrogens with one attached hydrogen (secondary N) is 1. The third-order valence-electron chi connectivity index (χ3n) is 3.02. The molecule has 0 aliphatic carbocycles. The first kappa shape index (κ1) is 17.0. The Kier molecular flexibility index (Phi) is 6.46. The summed E-state index contributed by atoms with van der Waals surface area (Å²) in [6.07, 6.45) is 0.910. The van der Waals surface area contributed by atoms with E-state index >= 15 is 0 Å². The number of hydrogen-bond donors (Lipinski definition) is 2. The summed E-state index contributed by atoms with van der Waals surface area (Å²) in [5.74, 6) is 0.508. The van der Waals surface area contributed by atoms with E-state index in [1.54, 1.807) is 0 Å². The lowest BCUT2D eigenvalue weighted by Crippen LogP contribution is -2.40. The normalized spacial score (nSPS) is 12.2. The monoisotopic (exact) mass is 312 g/mol. The molecule has 2 aromatic rings. The van der Waals surface area contributed by atoms with Gasteiger partial charge in [-0.1, -0.05) is 32.0 Å². The Balaban J connectivity index is 0.00000200. The Bertz CT molecular complexity index is 535. The number of fused-ring (bicyclic) bond motifs is 1. The summed E-state index contributed by atoms with van der Waals surface area (Å²) in [6, 6.07) is 10.0. The fourth-order valence-electron chi connectivity index (χ4n) is 2.13. The summed E-state index contributed by atoms with van der Waals surface area (Å²) in [7, 11) is 0. The fraction of sp³-hybridized carbons (Fsp3) is 0.400. The molecule has 0 saturated carbocycles. The van der Waals surface area contributed by atoms with Crippen LogP contribution in [0.4, 0.5) is 0 Å². The first-order chi connectivity index (χ1) is 9.10. The van der Waals surface area contributed by atoms with Gasteiger partial charge >= 0.3 is 0 Å². The molecule has 110 valence electrons. The molecule has 1 amide bonds. The number of carbonyl (C=O) groups is 1. The number of carbonyl (C=O) groups excluding carboxylic acids is 1. The van der Waals surface area contributed by atoms with Crippen LogP contribution in [-0.4, -0.2) is 18.5 Å². The molecular formula is C15H21ClN2OS. The highest BCUT2D eigenvalue weighted by Crippen LogP contribution is 2.25. The number of halogens is 1. The molecule has 1 aromatic carbocycles. The second-order valence-corrected chi connectivity index (χ2v) is 6.27. The molecule has 1 unspecified atom stereocenters. The number of rotatable bonds is 5. The molecule has 0 aliphatic rings. The molecule has 0 fully saturated rings. The van der Waals surface area contributed by atoms with E-state index in [2.05, 4.69) is 19.2 Å². The van der Waals surface area contributed by atoms with Crippen molar-refractivity contribution in [2.24, 2.45) is 11.7 Å². The van der Waals surface area contributed by atoms with Gasteiger partial charge in [0.1, 0.15) is 0 Å². The predicted octanol–water partition coefficient (Wildman–Crippen LogP) is 3.43. The van der Waals surface area contributed by atoms with Crippen molar-refractivity contribution < 1.29 is 4.79 Å². The molecule has 3 N–H and O–H groups in total. The Morgan fingerprint density at radius 1 is 1.35 bits per heavy atom. The van der Waals surface area contributed by atoms with Gasteiger partial charge in [-0.15, -0.1) is 23.7 Å². The van der Waals surface area contributed by atoms with E-state index in [4.69, 9.17) is 5.73 Å². The Hall–Kier alpha value is -1.10. The van der Waals surface area contributed by atoms with Gasteiger partial charge in [0.15, 0.2) is 0 Å². The standard InChI is InChI=1S/C15H20N2OS.ClH/c1-10(2)7-12(9-16)17-15(18)14-8-11-5-3-4-6-13(11)19-14;/h3-6,8,10,12H,7,9,16H2,1-2H3,(H,17,18);1H. The number of nitrogens with two attached hydrogens (primary N) is 1. The molecule has 20 heavy (non-hydrogen) atoms. The van der Waals surface area contributed by atoms with E-state index in [-0.39, 0.29) is 24.4 Å². The fourth-order valence-corrected chi connectivity index (χ4v) is 3.10. The second kappa shape index (κ2) is 7.62. The largest absolute Gasteiger partial charge is 0.347 e. The Morgan fingerprint density at radius 3 is 2.65 bits per heavy atom. The summed E-state index contributed by atoms with van der Waals surface area (Å²) in [6.45, 7) is 4.75. The van der Waals surface area contributed by atoms with Crippen LogP contribution in [0.15, 0.2) is 30.3 Å². The van der Waals surface area contributed by atoms with Crippen LogP contribution >= 0.6 is 23.7 Å². The summed E-state index contributed by atoms with van der Waals surface area (Å²) in [4.78, 5) is 13.0. The molecule has 3 nitrogen and oxygen atoms in total. The van der Waals surface area contributed by atoms with E-state index in [0.717, 1.165) is 21.4 Å². The molecule has 0 spiro atoms. The third-order valence-corrected chi connectivity index (χ3v) is 4.14. The van der Waals surface area contributed by atoms with Gasteiger partial charge in [0.25, 0.3) is 5.91 Å². The van der Waals surface area contributed by atoms with Crippen molar-refractivity contribution in [1.29, 1.82) is 0 Å². The van der Waals surface area contributed by atoms with Crippen molar-refractivity contribution in [3.05, 3.63) is 35.2 Å². The highest BCUT2D eigenvalue weighted by atomic mass is 35.5. The number of hydrogen-bond acceptors (Lipinski definition) is 3. The van der Waals surface area contributed by atoms with Crippen LogP contribution in [0, 0.1) is 5.92 Å². The van der Waals surface area contributed by atoms with Crippen LogP contribution in [0.5, 0.6) is 0 Å². The summed E-state index contributed by atoms with van der Waals surface area (Å²) >= 11 is 1.52. The first-order valence-corrected chi connectivity index (χ1v) is 7.41. The average molecular weight is 313 g/mol. The lowest BCUT2D eigenvalue weighted by atomic mass is 10.0. The van der Waals surface area contributed by atoms with Gasteiger partial charge in [-0.25, -0.2) is 0 Å². The molecule has 0 saturated heterocycles. The van der Waals surface area contributed by atoms with E-state index in [0.29, 0.717) is 12.5 Å². The smallest absolute Gasteiger partial charge is 0.261 e. The lowest BCUT2D eigenvalue weighted by molar-refractivity contribution is 0.0938. The SMILES string of the molecule is CC(C)CC(CN)NC(=O)c1cc2ccccc2s1.Cl. The average Bonchev–Trinajstić information content (AvgIpc) is 2.81. The zero-order valence-electron chi connectivity index (χ0n) is 11.8. The van der Waals surface area contributed by atoms with Crippen molar-refractivity contribution in [2.75, 3.05) is 6.54 Å². The third kappa shape index (κ3) is 4.20. The van der Waals surface area contributed by atoms with Crippen LogP contribution in [0.25, 0.3) is 10.1 Å². The van der Waals surface area contributed by atoms with Crippen molar-refractivity contribution in [2.45, 2.75) is 26.3 Å². The molecule has 1 heterocycles. The predicted molar refractivity (Wildman–Crippen MR) is 88.8 cm³/mol. The number of thiophene rings is 1. The minimum Gasteiger partial charge on any atom is -0.347 e. The topological polar surface area (TPSA) is 55.1 Å². The Labute approximate surface area is 130 Å². The quantitative estimate of drug-likeness (QED) is 0.888. The second-order valence-electron chi connectivity index (χ2n) is 5.18. The van der Waals surface area contributed by atoms with E-state index in [1.165, 1.54) is 11.3 Å². The Morgan fingerprint density at radius 2 is 2.05 bits per heavy atom. The van der Waals surface area contributed by atoms with Gasteiger partial charge < -0.3 is 11.1 Å². The van der Waals surface area contributed by atoms with Crippen molar-refractivity contribution in [1.82, 2.24) is 5.32 Å². The van der Waals surface area contributed by atoms with Gasteiger partial charge in [-0.3, -0.25) is 4.79 Å². The summed E-state index contributed by atoms with van der Waals surface area (Å²) < 4.78 is 1.14. The minimum absolute atomic E-state index is 0. The maximum Gasteiger partial charge on any atom is 0.261 e. The minimum atomic E-state index is -0.0164. The van der Waals surface area contributed by atoms with Gasteiger partial charge in [0.05, 0.1) is 4.88 Å². The van der Waals surface area contributed by atoms with Crippen LogP contribution in [-0.2, 0) is 0 Å². The maximum absolute atomic E-state index is 12.2. The van der Waals surface area contributed by atoms with Crippen LogP contribution in [0.1, 0.15) is 29.9 Å². The zero-order chi connectivity index (χ0) is 13.8. The molecule has 0 aliphatic heterocycles. The molecule has 0 radical (unpaired) electrons.